The van der Waals surface area contributed by atoms with Crippen LogP contribution in [0.2, 0.25) is 5.02 Å². The van der Waals surface area contributed by atoms with Gasteiger partial charge in [-0.1, -0.05) is 35.9 Å². The zero-order valence-electron chi connectivity index (χ0n) is 14.0. The molecule has 1 heterocycles. The lowest BCUT2D eigenvalue weighted by Gasteiger charge is -2.04. The Labute approximate surface area is 158 Å². The van der Waals surface area contributed by atoms with Crippen LogP contribution in [0.5, 0.6) is 11.5 Å². The summed E-state index contributed by atoms with van der Waals surface area (Å²) in [7, 11) is 0. The number of rotatable bonds is 4. The number of amides is 1. The second-order valence-electron chi connectivity index (χ2n) is 5.45. The molecule has 1 aromatic heterocycles. The van der Waals surface area contributed by atoms with Gasteiger partial charge in [0.25, 0.3) is 5.91 Å². The highest BCUT2D eigenvalue weighted by molar-refractivity contribution is 6.33. The number of aromatic hydroxyl groups is 1. The van der Waals surface area contributed by atoms with Gasteiger partial charge in [-0.05, 0) is 24.3 Å². The molecule has 0 spiro atoms. The third-order valence-corrected chi connectivity index (χ3v) is 3.85. The first kappa shape index (κ1) is 18.5. The maximum Gasteiger partial charge on any atom is 0.308 e. The molecule has 0 aliphatic heterocycles. The van der Waals surface area contributed by atoms with Crippen LogP contribution in [0.1, 0.15) is 17.3 Å². The summed E-state index contributed by atoms with van der Waals surface area (Å²) in [5.41, 5.74) is 0.0675. The van der Waals surface area contributed by atoms with Gasteiger partial charge >= 0.3 is 5.97 Å². The van der Waals surface area contributed by atoms with Gasteiger partial charge < -0.3 is 14.3 Å². The number of benzene rings is 2. The fourth-order valence-corrected chi connectivity index (χ4v) is 2.63. The van der Waals surface area contributed by atoms with E-state index in [1.807, 2.05) is 0 Å². The number of halogens is 2. The largest absolute Gasteiger partial charge is 0.502 e. The summed E-state index contributed by atoms with van der Waals surface area (Å²) >= 11 is 6.00. The van der Waals surface area contributed by atoms with Crippen molar-refractivity contribution >= 4 is 29.4 Å². The number of ether oxygens (including phenoxy) is 1. The Morgan fingerprint density at radius 2 is 1.85 bits per heavy atom. The summed E-state index contributed by atoms with van der Waals surface area (Å²) in [6, 6.07) is 12.1. The van der Waals surface area contributed by atoms with Crippen LogP contribution in [0.15, 0.2) is 52.9 Å². The van der Waals surface area contributed by atoms with Crippen LogP contribution in [0.25, 0.3) is 11.3 Å². The number of esters is 1. The monoisotopic (exact) mass is 389 g/mol. The van der Waals surface area contributed by atoms with Gasteiger partial charge in [-0.3, -0.25) is 14.9 Å². The molecule has 1 amide bonds. The minimum Gasteiger partial charge on any atom is -0.502 e. The van der Waals surface area contributed by atoms with E-state index in [0.717, 1.165) is 13.0 Å². The molecule has 0 unspecified atom stereocenters. The highest BCUT2D eigenvalue weighted by Crippen LogP contribution is 2.48. The molecule has 0 aliphatic rings. The number of anilines is 1. The van der Waals surface area contributed by atoms with E-state index in [9.17, 15) is 19.1 Å². The van der Waals surface area contributed by atoms with E-state index >= 15 is 0 Å². The standard InChI is InChI=1S/C19H13ClFNO5/c1-10(23)26-17-15(24)16(14-12(20)8-5-9-13(14)21)27-19(17)22-18(25)11-6-3-2-4-7-11/h2-9,24H,1H3,(H,22,25). The Bertz CT molecular complexity index is 996. The minimum absolute atomic E-state index is 0.0330. The summed E-state index contributed by atoms with van der Waals surface area (Å²) in [6.45, 7) is 1.10. The van der Waals surface area contributed by atoms with E-state index in [-0.39, 0.29) is 22.2 Å². The molecule has 6 nitrogen and oxygen atoms in total. The number of nitrogens with one attached hydrogen (secondary N) is 1. The summed E-state index contributed by atoms with van der Waals surface area (Å²) in [6.07, 6.45) is 0. The van der Waals surface area contributed by atoms with Crippen molar-refractivity contribution in [1.29, 1.82) is 0 Å². The van der Waals surface area contributed by atoms with Gasteiger partial charge in [-0.2, -0.15) is 0 Å². The quantitative estimate of drug-likeness (QED) is 0.635. The molecule has 0 atom stereocenters. The Kier molecular flexibility index (Phi) is 5.14. The van der Waals surface area contributed by atoms with Crippen LogP contribution in [-0.2, 0) is 4.79 Å². The third-order valence-electron chi connectivity index (χ3n) is 3.54. The van der Waals surface area contributed by atoms with Crippen molar-refractivity contribution in [3.63, 3.8) is 0 Å². The molecule has 2 aromatic carbocycles. The molecular weight excluding hydrogens is 377 g/mol. The second kappa shape index (κ2) is 7.51. The lowest BCUT2D eigenvalue weighted by atomic mass is 10.1. The summed E-state index contributed by atoms with van der Waals surface area (Å²) in [5, 5.41) is 12.8. The third kappa shape index (κ3) is 3.78. The summed E-state index contributed by atoms with van der Waals surface area (Å²) in [4.78, 5) is 23.7. The molecule has 8 heteroatoms. The van der Waals surface area contributed by atoms with Gasteiger partial charge in [0.1, 0.15) is 5.82 Å². The Morgan fingerprint density at radius 1 is 1.15 bits per heavy atom. The van der Waals surface area contributed by atoms with Crippen LogP contribution in [0.3, 0.4) is 0 Å². The fourth-order valence-electron chi connectivity index (χ4n) is 2.38. The van der Waals surface area contributed by atoms with Crippen molar-refractivity contribution in [3.8, 4) is 22.8 Å². The van der Waals surface area contributed by atoms with Crippen LogP contribution >= 0.6 is 11.6 Å². The first-order chi connectivity index (χ1) is 12.9. The summed E-state index contributed by atoms with van der Waals surface area (Å²) < 4.78 is 24.5. The van der Waals surface area contributed by atoms with Crippen LogP contribution in [0, 0.1) is 5.82 Å². The molecule has 0 saturated heterocycles. The molecular formula is C19H13ClFNO5. The van der Waals surface area contributed by atoms with Gasteiger partial charge in [-0.15, -0.1) is 0 Å². The van der Waals surface area contributed by atoms with E-state index in [4.69, 9.17) is 20.8 Å². The average Bonchev–Trinajstić information content (AvgIpc) is 2.91. The fraction of sp³-hybridized carbons (Fsp3) is 0.0526. The lowest BCUT2D eigenvalue weighted by Crippen LogP contribution is -2.12. The molecule has 0 bridgehead atoms. The first-order valence-electron chi connectivity index (χ1n) is 7.73. The highest BCUT2D eigenvalue weighted by atomic mass is 35.5. The van der Waals surface area contributed by atoms with Crippen LogP contribution in [0.4, 0.5) is 10.3 Å². The predicted molar refractivity (Wildman–Crippen MR) is 96.5 cm³/mol. The molecule has 0 fully saturated rings. The van der Waals surface area contributed by atoms with Crippen LogP contribution in [-0.4, -0.2) is 17.0 Å². The number of furan rings is 1. The smallest absolute Gasteiger partial charge is 0.308 e. The van der Waals surface area contributed by atoms with E-state index in [1.165, 1.54) is 12.1 Å². The lowest BCUT2D eigenvalue weighted by molar-refractivity contribution is -0.132. The van der Waals surface area contributed by atoms with Crippen molar-refractivity contribution in [3.05, 3.63) is 64.9 Å². The van der Waals surface area contributed by atoms with Crippen molar-refractivity contribution in [2.45, 2.75) is 6.92 Å². The van der Waals surface area contributed by atoms with Crippen molar-refractivity contribution < 1.29 is 28.2 Å². The number of carbonyl (C=O) groups is 2. The maximum atomic E-state index is 14.2. The molecule has 3 rings (SSSR count). The molecule has 27 heavy (non-hydrogen) atoms. The van der Waals surface area contributed by atoms with Gasteiger partial charge in [0.05, 0.1) is 10.6 Å². The average molecular weight is 390 g/mol. The van der Waals surface area contributed by atoms with Gasteiger partial charge in [0.2, 0.25) is 17.4 Å². The summed E-state index contributed by atoms with van der Waals surface area (Å²) in [5.74, 6) is -3.96. The Morgan fingerprint density at radius 3 is 2.48 bits per heavy atom. The molecule has 0 saturated carbocycles. The van der Waals surface area contributed by atoms with Crippen molar-refractivity contribution in [1.82, 2.24) is 0 Å². The highest BCUT2D eigenvalue weighted by Gasteiger charge is 2.28. The molecule has 0 aliphatic carbocycles. The number of hydrogen-bond donors (Lipinski definition) is 2. The van der Waals surface area contributed by atoms with Crippen molar-refractivity contribution in [2.75, 3.05) is 5.32 Å². The van der Waals surface area contributed by atoms with E-state index in [2.05, 4.69) is 5.32 Å². The maximum absolute atomic E-state index is 14.2. The van der Waals surface area contributed by atoms with Crippen molar-refractivity contribution in [2.24, 2.45) is 0 Å². The topological polar surface area (TPSA) is 88.8 Å². The van der Waals surface area contributed by atoms with E-state index in [0.29, 0.717) is 5.56 Å². The Balaban J connectivity index is 2.08. The van der Waals surface area contributed by atoms with Gasteiger partial charge in [-0.25, -0.2) is 4.39 Å². The number of carbonyl (C=O) groups excluding carboxylic acids is 2. The zero-order valence-corrected chi connectivity index (χ0v) is 14.7. The van der Waals surface area contributed by atoms with Gasteiger partial charge in [0, 0.05) is 12.5 Å². The minimum atomic E-state index is -0.771. The number of hydrogen-bond acceptors (Lipinski definition) is 5. The van der Waals surface area contributed by atoms with Crippen LogP contribution < -0.4 is 10.1 Å². The Hall–Kier alpha value is -3.32. The first-order valence-corrected chi connectivity index (χ1v) is 8.11. The molecule has 0 radical (unpaired) electrons. The molecule has 2 N–H and O–H groups in total. The molecule has 3 aromatic rings. The van der Waals surface area contributed by atoms with Gasteiger partial charge in [0.15, 0.2) is 5.76 Å². The van der Waals surface area contributed by atoms with E-state index in [1.54, 1.807) is 30.3 Å². The van der Waals surface area contributed by atoms with E-state index < -0.39 is 29.2 Å². The normalized spacial score (nSPS) is 10.5. The SMILES string of the molecule is CC(=O)Oc1c(NC(=O)c2ccccc2)oc(-c2c(F)cccc2Cl)c1O. The zero-order chi connectivity index (χ0) is 19.6. The predicted octanol–water partition coefficient (Wildman–Crippen LogP) is 4.62. The second-order valence-corrected chi connectivity index (χ2v) is 5.86. The molecule has 138 valence electrons.